The summed E-state index contributed by atoms with van der Waals surface area (Å²) in [5, 5.41) is 0.550. The van der Waals surface area contributed by atoms with Crippen LogP contribution in [0.3, 0.4) is 0 Å². The van der Waals surface area contributed by atoms with Crippen LogP contribution in [0.4, 0.5) is 13.2 Å². The highest BCUT2D eigenvalue weighted by atomic mass is 19.4. The van der Waals surface area contributed by atoms with Gasteiger partial charge in [-0.1, -0.05) is 6.07 Å². The van der Waals surface area contributed by atoms with E-state index in [-0.39, 0.29) is 17.9 Å². The topological polar surface area (TPSA) is 77.7 Å². The molecule has 4 heterocycles. The number of rotatable bonds is 4. The zero-order valence-corrected chi connectivity index (χ0v) is 18.4. The molecule has 0 radical (unpaired) electrons. The summed E-state index contributed by atoms with van der Waals surface area (Å²) in [5.41, 5.74) is 1.77. The summed E-state index contributed by atoms with van der Waals surface area (Å²) in [6, 6.07) is 14.5. The van der Waals surface area contributed by atoms with E-state index in [0.717, 1.165) is 12.1 Å². The molecular weight excluding hydrogens is 457 g/mol. The van der Waals surface area contributed by atoms with Gasteiger partial charge >= 0.3 is 6.18 Å². The first-order valence-corrected chi connectivity index (χ1v) is 10.6. The smallest absolute Gasteiger partial charge is 0.300 e. The first-order chi connectivity index (χ1) is 16.7. The lowest BCUT2D eigenvalue weighted by molar-refractivity contribution is -0.137. The monoisotopic (exact) mass is 474 g/mol. The summed E-state index contributed by atoms with van der Waals surface area (Å²) >= 11 is 0. The number of aromatic nitrogens is 4. The Hall–Kier alpha value is -4.40. The van der Waals surface area contributed by atoms with Crippen molar-refractivity contribution < 1.29 is 18.0 Å². The predicted octanol–water partition coefficient (Wildman–Crippen LogP) is 5.15. The highest BCUT2D eigenvalue weighted by molar-refractivity contribution is 6.02. The number of carbonyl (C=O) groups is 1. The quantitative estimate of drug-likeness (QED) is 0.337. The van der Waals surface area contributed by atoms with Gasteiger partial charge in [0.25, 0.3) is 5.56 Å². The van der Waals surface area contributed by atoms with Crippen molar-refractivity contribution in [3.63, 3.8) is 0 Å². The largest absolute Gasteiger partial charge is 0.416 e. The number of fused-ring (bicyclic) bond motifs is 3. The second kappa shape index (κ2) is 8.43. The average molecular weight is 474 g/mol. The van der Waals surface area contributed by atoms with Gasteiger partial charge in [0.05, 0.1) is 22.3 Å². The van der Waals surface area contributed by atoms with E-state index in [4.69, 9.17) is 4.98 Å². The van der Waals surface area contributed by atoms with Gasteiger partial charge in [-0.25, -0.2) is 4.98 Å². The van der Waals surface area contributed by atoms with Crippen molar-refractivity contribution in [2.75, 3.05) is 0 Å². The fourth-order valence-electron chi connectivity index (χ4n) is 3.94. The maximum Gasteiger partial charge on any atom is 0.416 e. The number of hydrogen-bond donors (Lipinski definition) is 0. The van der Waals surface area contributed by atoms with Crippen molar-refractivity contribution in [1.82, 2.24) is 19.5 Å². The van der Waals surface area contributed by atoms with E-state index in [9.17, 15) is 22.8 Å². The normalized spacial score (nSPS) is 11.8. The van der Waals surface area contributed by atoms with Gasteiger partial charge in [0.1, 0.15) is 11.3 Å². The van der Waals surface area contributed by atoms with Crippen LogP contribution in [-0.2, 0) is 17.4 Å². The van der Waals surface area contributed by atoms with E-state index in [1.165, 1.54) is 29.7 Å². The molecule has 0 spiro atoms. The van der Waals surface area contributed by atoms with E-state index >= 15 is 0 Å². The van der Waals surface area contributed by atoms with E-state index in [0.29, 0.717) is 38.9 Å². The minimum Gasteiger partial charge on any atom is -0.300 e. The van der Waals surface area contributed by atoms with Crippen LogP contribution < -0.4 is 5.56 Å². The summed E-state index contributed by atoms with van der Waals surface area (Å²) in [4.78, 5) is 37.7. The van der Waals surface area contributed by atoms with E-state index in [1.807, 2.05) is 0 Å². The van der Waals surface area contributed by atoms with Gasteiger partial charge in [-0.3, -0.25) is 24.1 Å². The number of nitrogens with zero attached hydrogens (tertiary/aromatic N) is 4. The molecule has 0 bridgehead atoms. The molecule has 0 unspecified atom stereocenters. The zero-order chi connectivity index (χ0) is 24.7. The molecule has 0 saturated heterocycles. The number of alkyl halides is 3. The summed E-state index contributed by atoms with van der Waals surface area (Å²) in [7, 11) is 0. The second-order valence-corrected chi connectivity index (χ2v) is 8.10. The predicted molar refractivity (Wildman–Crippen MR) is 125 cm³/mol. The molecule has 0 saturated carbocycles. The van der Waals surface area contributed by atoms with Crippen LogP contribution in [0.2, 0.25) is 0 Å². The molecule has 5 aromatic rings. The van der Waals surface area contributed by atoms with Crippen molar-refractivity contribution in [2.24, 2.45) is 0 Å². The number of ketones is 1. The Bertz CT molecular complexity index is 1660. The van der Waals surface area contributed by atoms with Crippen molar-refractivity contribution >= 4 is 27.7 Å². The van der Waals surface area contributed by atoms with Gasteiger partial charge < -0.3 is 0 Å². The van der Waals surface area contributed by atoms with Crippen LogP contribution in [0.1, 0.15) is 18.2 Å². The molecule has 0 N–H and O–H groups in total. The second-order valence-electron chi connectivity index (χ2n) is 8.10. The van der Waals surface area contributed by atoms with Gasteiger partial charge in [0, 0.05) is 47.2 Å². The molecule has 0 aliphatic heterocycles. The number of Topliss-reactive ketones (excluding diaryl/α,β-unsaturated/α-hetero) is 1. The zero-order valence-electron chi connectivity index (χ0n) is 18.4. The number of carbonyl (C=O) groups excluding carboxylic acids is 1. The van der Waals surface area contributed by atoms with Gasteiger partial charge in [-0.05, 0) is 55.5 Å². The average Bonchev–Trinajstić information content (AvgIpc) is 2.83. The summed E-state index contributed by atoms with van der Waals surface area (Å²) < 4.78 is 41.3. The minimum absolute atomic E-state index is 0.000752. The first kappa shape index (κ1) is 22.4. The van der Waals surface area contributed by atoms with Gasteiger partial charge in [-0.2, -0.15) is 13.2 Å². The third-order valence-corrected chi connectivity index (χ3v) is 5.55. The number of pyridine rings is 4. The van der Waals surface area contributed by atoms with Gasteiger partial charge in [0.15, 0.2) is 0 Å². The summed E-state index contributed by atoms with van der Waals surface area (Å²) in [5.74, 6) is -0.000752. The molecule has 1 aromatic carbocycles. The number of hydrogen-bond acceptors (Lipinski definition) is 5. The molecule has 174 valence electrons. The number of benzene rings is 1. The molecule has 4 aromatic heterocycles. The van der Waals surface area contributed by atoms with Crippen LogP contribution in [-0.4, -0.2) is 25.3 Å². The highest BCUT2D eigenvalue weighted by Gasteiger charge is 2.30. The molecule has 0 aliphatic rings. The first-order valence-electron chi connectivity index (χ1n) is 10.6. The maximum absolute atomic E-state index is 13.4. The van der Waals surface area contributed by atoms with Crippen molar-refractivity contribution in [3.05, 3.63) is 94.7 Å². The summed E-state index contributed by atoms with van der Waals surface area (Å²) in [6.45, 7) is 1.49. The van der Waals surface area contributed by atoms with Crippen molar-refractivity contribution in [3.8, 4) is 16.9 Å². The molecule has 9 heteroatoms. The minimum atomic E-state index is -4.55. The van der Waals surface area contributed by atoms with Crippen LogP contribution in [0.25, 0.3) is 38.9 Å². The molecule has 0 amide bonds. The van der Waals surface area contributed by atoms with Gasteiger partial charge in [-0.15, -0.1) is 0 Å². The lowest BCUT2D eigenvalue weighted by Crippen LogP contribution is -2.18. The third-order valence-electron chi connectivity index (χ3n) is 5.55. The van der Waals surface area contributed by atoms with Crippen LogP contribution in [0.15, 0.2) is 77.9 Å². The lowest BCUT2D eigenvalue weighted by Gasteiger charge is -2.14. The molecule has 5 rings (SSSR count). The highest BCUT2D eigenvalue weighted by Crippen LogP contribution is 2.32. The fourth-order valence-corrected chi connectivity index (χ4v) is 3.94. The van der Waals surface area contributed by atoms with E-state index < -0.39 is 17.3 Å². The third kappa shape index (κ3) is 4.28. The Kier molecular flexibility index (Phi) is 5.39. The fraction of sp³-hybridized carbons (Fsp3) is 0.115. The van der Waals surface area contributed by atoms with Crippen LogP contribution in [0, 0.1) is 0 Å². The van der Waals surface area contributed by atoms with E-state index in [1.54, 1.807) is 42.7 Å². The molecule has 6 nitrogen and oxygen atoms in total. The van der Waals surface area contributed by atoms with Crippen molar-refractivity contribution in [2.45, 2.75) is 19.5 Å². The maximum atomic E-state index is 13.4. The van der Waals surface area contributed by atoms with Gasteiger partial charge in [0.2, 0.25) is 0 Å². The Morgan fingerprint density at radius 1 is 0.971 bits per heavy atom. The Morgan fingerprint density at radius 3 is 2.51 bits per heavy atom. The van der Waals surface area contributed by atoms with E-state index in [2.05, 4.69) is 9.97 Å². The molecule has 0 atom stereocenters. The van der Waals surface area contributed by atoms with Crippen molar-refractivity contribution in [1.29, 1.82) is 0 Å². The SMILES string of the molecule is CC(=O)Cc1ccc(-c2ccc3ncc4ccc(=O)n(-c5cccc(C(F)(F)F)c5)c4c3n2)cn1. The molecule has 0 fully saturated rings. The summed E-state index contributed by atoms with van der Waals surface area (Å²) in [6.07, 6.45) is -1.17. The Labute approximate surface area is 196 Å². The van der Waals surface area contributed by atoms with Crippen LogP contribution in [0.5, 0.6) is 0 Å². The van der Waals surface area contributed by atoms with Crippen LogP contribution >= 0.6 is 0 Å². The molecular formula is C26H17F3N4O2. The molecule has 35 heavy (non-hydrogen) atoms. The standard InChI is InChI=1S/C26H17F3N4O2/c1-15(34)11-19-7-5-16(13-30-19)21-8-9-22-24(32-21)25-17(14-31-22)6-10-23(35)33(25)20-4-2-3-18(12-20)26(27,28)29/h2-10,12-14H,11H2,1H3. The number of halogens is 3. The Morgan fingerprint density at radius 2 is 1.80 bits per heavy atom. The molecule has 0 aliphatic carbocycles. The lowest BCUT2D eigenvalue weighted by atomic mass is 10.1. The Balaban J connectivity index is 1.74.